The standard InChI is InChI=1S/C25H26ClNO3/c1-4-18-10-8-9-17(3)24(18)27-25(28)19-13-14-22(29-5-2)20(15-19)16-30-23-12-7-6-11-21(23)26/h6-15H,4-5,16H2,1-3H3,(H,27,28). The Balaban J connectivity index is 1.84. The van der Waals surface area contributed by atoms with Crippen LogP contribution in [0.3, 0.4) is 0 Å². The summed E-state index contributed by atoms with van der Waals surface area (Å²) in [7, 11) is 0. The molecule has 5 heteroatoms. The second-order valence-corrected chi connectivity index (χ2v) is 7.30. The largest absolute Gasteiger partial charge is 0.493 e. The summed E-state index contributed by atoms with van der Waals surface area (Å²) in [6, 6.07) is 18.7. The van der Waals surface area contributed by atoms with E-state index in [4.69, 9.17) is 21.1 Å². The van der Waals surface area contributed by atoms with E-state index in [-0.39, 0.29) is 12.5 Å². The van der Waals surface area contributed by atoms with Gasteiger partial charge < -0.3 is 14.8 Å². The lowest BCUT2D eigenvalue weighted by atomic mass is 10.0. The van der Waals surface area contributed by atoms with Crippen molar-refractivity contribution < 1.29 is 14.3 Å². The number of hydrogen-bond donors (Lipinski definition) is 1. The van der Waals surface area contributed by atoms with Crippen LogP contribution in [0.4, 0.5) is 5.69 Å². The summed E-state index contributed by atoms with van der Waals surface area (Å²) in [6.45, 7) is 6.75. The zero-order valence-corrected chi connectivity index (χ0v) is 18.3. The number of para-hydroxylation sites is 2. The van der Waals surface area contributed by atoms with Crippen LogP contribution in [0.25, 0.3) is 0 Å². The normalized spacial score (nSPS) is 10.5. The third kappa shape index (κ3) is 5.14. The molecule has 0 heterocycles. The van der Waals surface area contributed by atoms with E-state index in [0.29, 0.717) is 28.7 Å². The number of hydrogen-bond acceptors (Lipinski definition) is 3. The Morgan fingerprint density at radius 2 is 1.73 bits per heavy atom. The molecule has 0 aliphatic heterocycles. The first-order valence-electron chi connectivity index (χ1n) is 10.1. The fraction of sp³-hybridized carbons (Fsp3) is 0.240. The van der Waals surface area contributed by atoms with E-state index < -0.39 is 0 Å². The first kappa shape index (κ1) is 21.7. The third-order valence-corrected chi connectivity index (χ3v) is 5.13. The van der Waals surface area contributed by atoms with Crippen LogP contribution in [0.2, 0.25) is 5.02 Å². The van der Waals surface area contributed by atoms with Gasteiger partial charge in [-0.2, -0.15) is 0 Å². The maximum atomic E-state index is 13.0. The van der Waals surface area contributed by atoms with Gasteiger partial charge >= 0.3 is 0 Å². The Hall–Kier alpha value is -2.98. The van der Waals surface area contributed by atoms with E-state index in [1.807, 2.05) is 56.3 Å². The average molecular weight is 424 g/mol. The molecule has 0 aliphatic carbocycles. The summed E-state index contributed by atoms with van der Waals surface area (Å²) in [6.07, 6.45) is 0.845. The molecular weight excluding hydrogens is 398 g/mol. The van der Waals surface area contributed by atoms with Crippen molar-refractivity contribution in [2.24, 2.45) is 0 Å². The van der Waals surface area contributed by atoms with E-state index in [0.717, 1.165) is 28.8 Å². The minimum absolute atomic E-state index is 0.166. The number of rotatable bonds is 8. The quantitative estimate of drug-likeness (QED) is 0.453. The van der Waals surface area contributed by atoms with Crippen LogP contribution in [-0.2, 0) is 13.0 Å². The predicted molar refractivity (Wildman–Crippen MR) is 122 cm³/mol. The number of nitrogens with one attached hydrogen (secondary N) is 1. The van der Waals surface area contributed by atoms with E-state index in [1.165, 1.54) is 0 Å². The Kier molecular flexibility index (Phi) is 7.36. The van der Waals surface area contributed by atoms with Crippen molar-refractivity contribution in [2.75, 3.05) is 11.9 Å². The SMILES string of the molecule is CCOc1ccc(C(=O)Nc2c(C)cccc2CC)cc1COc1ccccc1Cl. The van der Waals surface area contributed by atoms with Crippen LogP contribution in [0.15, 0.2) is 60.7 Å². The van der Waals surface area contributed by atoms with E-state index in [9.17, 15) is 4.79 Å². The highest BCUT2D eigenvalue weighted by atomic mass is 35.5. The number of ether oxygens (including phenoxy) is 2. The maximum absolute atomic E-state index is 13.0. The topological polar surface area (TPSA) is 47.6 Å². The van der Waals surface area contributed by atoms with Crippen molar-refractivity contribution in [2.45, 2.75) is 33.8 Å². The molecule has 3 aromatic carbocycles. The molecule has 0 aromatic heterocycles. The number of aryl methyl sites for hydroxylation is 2. The predicted octanol–water partition coefficient (Wildman–Crippen LogP) is 6.44. The molecule has 0 spiro atoms. The van der Waals surface area contributed by atoms with Gasteiger partial charge in [0.1, 0.15) is 18.1 Å². The zero-order valence-electron chi connectivity index (χ0n) is 17.5. The summed E-state index contributed by atoms with van der Waals surface area (Å²) in [5, 5.41) is 3.60. The molecule has 0 radical (unpaired) electrons. The fourth-order valence-electron chi connectivity index (χ4n) is 3.23. The molecule has 3 aromatic rings. The lowest BCUT2D eigenvalue weighted by Crippen LogP contribution is -2.15. The molecule has 30 heavy (non-hydrogen) atoms. The highest BCUT2D eigenvalue weighted by Crippen LogP contribution is 2.28. The van der Waals surface area contributed by atoms with Gasteiger partial charge in [-0.3, -0.25) is 4.79 Å². The fourth-order valence-corrected chi connectivity index (χ4v) is 3.43. The summed E-state index contributed by atoms with van der Waals surface area (Å²) >= 11 is 6.19. The van der Waals surface area contributed by atoms with Crippen LogP contribution >= 0.6 is 11.6 Å². The number of amides is 1. The number of carbonyl (C=O) groups excluding carboxylic acids is 1. The molecule has 1 amide bonds. The smallest absolute Gasteiger partial charge is 0.255 e. The van der Waals surface area contributed by atoms with Crippen molar-refractivity contribution in [3.63, 3.8) is 0 Å². The van der Waals surface area contributed by atoms with Gasteiger partial charge in [-0.05, 0) is 61.7 Å². The Morgan fingerprint density at radius 3 is 2.47 bits per heavy atom. The Labute approximate surface area is 182 Å². The molecule has 3 rings (SSSR count). The van der Waals surface area contributed by atoms with Crippen LogP contribution in [0.5, 0.6) is 11.5 Å². The summed E-state index contributed by atoms with van der Waals surface area (Å²) < 4.78 is 11.6. The first-order valence-corrected chi connectivity index (χ1v) is 10.4. The van der Waals surface area contributed by atoms with Crippen LogP contribution in [0.1, 0.15) is 40.9 Å². The van der Waals surface area contributed by atoms with Crippen molar-refractivity contribution >= 4 is 23.2 Å². The van der Waals surface area contributed by atoms with Gasteiger partial charge in [0, 0.05) is 16.8 Å². The van der Waals surface area contributed by atoms with Crippen LogP contribution in [-0.4, -0.2) is 12.5 Å². The second kappa shape index (κ2) is 10.2. The van der Waals surface area contributed by atoms with Crippen molar-refractivity contribution in [1.82, 2.24) is 0 Å². The first-order chi connectivity index (χ1) is 14.5. The van der Waals surface area contributed by atoms with E-state index in [2.05, 4.69) is 12.2 Å². The van der Waals surface area contributed by atoms with Gasteiger partial charge in [-0.15, -0.1) is 0 Å². The van der Waals surface area contributed by atoms with E-state index in [1.54, 1.807) is 18.2 Å². The lowest BCUT2D eigenvalue weighted by molar-refractivity contribution is 0.102. The highest BCUT2D eigenvalue weighted by molar-refractivity contribution is 6.32. The second-order valence-electron chi connectivity index (χ2n) is 6.89. The average Bonchev–Trinajstić information content (AvgIpc) is 2.75. The van der Waals surface area contributed by atoms with Gasteiger partial charge in [-0.25, -0.2) is 0 Å². The molecule has 0 fully saturated rings. The molecule has 0 saturated carbocycles. The third-order valence-electron chi connectivity index (χ3n) is 4.82. The van der Waals surface area contributed by atoms with Crippen molar-refractivity contribution in [3.8, 4) is 11.5 Å². The number of benzene rings is 3. The lowest BCUT2D eigenvalue weighted by Gasteiger charge is -2.15. The highest BCUT2D eigenvalue weighted by Gasteiger charge is 2.14. The summed E-state index contributed by atoms with van der Waals surface area (Å²) in [4.78, 5) is 13.0. The monoisotopic (exact) mass is 423 g/mol. The molecule has 4 nitrogen and oxygen atoms in total. The van der Waals surface area contributed by atoms with Gasteiger partial charge in [0.05, 0.1) is 11.6 Å². The zero-order chi connectivity index (χ0) is 21.5. The minimum atomic E-state index is -0.166. The molecule has 0 atom stereocenters. The number of halogens is 1. The number of anilines is 1. The van der Waals surface area contributed by atoms with Crippen LogP contribution < -0.4 is 14.8 Å². The summed E-state index contributed by atoms with van der Waals surface area (Å²) in [5.74, 6) is 1.11. The Morgan fingerprint density at radius 1 is 0.933 bits per heavy atom. The Bertz CT molecular complexity index is 1030. The number of carbonyl (C=O) groups is 1. The molecule has 0 bridgehead atoms. The molecule has 0 saturated heterocycles. The molecule has 1 N–H and O–H groups in total. The maximum Gasteiger partial charge on any atom is 0.255 e. The van der Waals surface area contributed by atoms with Crippen molar-refractivity contribution in [1.29, 1.82) is 0 Å². The van der Waals surface area contributed by atoms with E-state index >= 15 is 0 Å². The minimum Gasteiger partial charge on any atom is -0.493 e. The van der Waals surface area contributed by atoms with Crippen LogP contribution in [0, 0.1) is 6.92 Å². The molecule has 0 unspecified atom stereocenters. The summed E-state index contributed by atoms with van der Waals surface area (Å²) in [5.41, 5.74) is 4.34. The van der Waals surface area contributed by atoms with Gasteiger partial charge in [-0.1, -0.05) is 48.9 Å². The van der Waals surface area contributed by atoms with Crippen molar-refractivity contribution in [3.05, 3.63) is 87.9 Å². The van der Waals surface area contributed by atoms with Gasteiger partial charge in [0.2, 0.25) is 0 Å². The van der Waals surface area contributed by atoms with Gasteiger partial charge in [0.15, 0.2) is 0 Å². The molecule has 0 aliphatic rings. The molecule has 156 valence electrons. The van der Waals surface area contributed by atoms with Gasteiger partial charge in [0.25, 0.3) is 5.91 Å². The molecular formula is C25H26ClNO3.